The first kappa shape index (κ1) is 21.9. The molecule has 1 atom stereocenters. The fourth-order valence-electron chi connectivity index (χ4n) is 4.50. The summed E-state index contributed by atoms with van der Waals surface area (Å²) < 4.78 is 13.5. The zero-order chi connectivity index (χ0) is 24.6. The molecule has 0 saturated carbocycles. The SMILES string of the molecule is CON1C=NC(c2ccc(F)cc2)=C2C=C(NC(=O)c3ccc4nc5ccccc5cc4c3)C=CC21. The number of aromatic nitrogens is 1. The highest BCUT2D eigenvalue weighted by atomic mass is 19.1. The van der Waals surface area contributed by atoms with E-state index in [1.807, 2.05) is 60.7 Å². The Labute approximate surface area is 206 Å². The molecule has 176 valence electrons. The fraction of sp³-hybridized carbons (Fsp3) is 0.0690. The van der Waals surface area contributed by atoms with E-state index in [1.165, 1.54) is 12.1 Å². The number of pyridine rings is 1. The van der Waals surface area contributed by atoms with Crippen molar-refractivity contribution in [3.05, 3.63) is 119 Å². The molecule has 1 amide bonds. The first-order valence-electron chi connectivity index (χ1n) is 11.5. The Morgan fingerprint density at radius 2 is 1.81 bits per heavy atom. The smallest absolute Gasteiger partial charge is 0.255 e. The van der Waals surface area contributed by atoms with E-state index >= 15 is 0 Å². The third-order valence-corrected chi connectivity index (χ3v) is 6.30. The number of carbonyl (C=O) groups is 1. The number of nitrogens with zero attached hydrogens (tertiary/aromatic N) is 3. The van der Waals surface area contributed by atoms with Gasteiger partial charge in [-0.25, -0.2) is 19.4 Å². The van der Waals surface area contributed by atoms with Gasteiger partial charge in [-0.1, -0.05) is 24.3 Å². The predicted octanol–water partition coefficient (Wildman–Crippen LogP) is 5.40. The molecule has 3 aromatic carbocycles. The van der Waals surface area contributed by atoms with Crippen molar-refractivity contribution in [2.75, 3.05) is 7.11 Å². The number of hydrogen-bond acceptors (Lipinski definition) is 5. The number of hydroxylamine groups is 2. The summed E-state index contributed by atoms with van der Waals surface area (Å²) in [6.07, 6.45) is 7.25. The molecule has 0 saturated heterocycles. The standard InChI is InChI=1S/C29H21FN4O2/c1-36-34-17-31-28(18-6-9-22(30)10-7-18)24-16-23(11-13-27(24)34)32-29(35)20-8-12-26-21(15-20)14-19-4-2-3-5-25(19)33-26/h2-17,27H,1H3,(H,32,35). The number of halogens is 1. The number of fused-ring (bicyclic) bond motifs is 3. The zero-order valence-electron chi connectivity index (χ0n) is 19.4. The van der Waals surface area contributed by atoms with E-state index in [0.717, 1.165) is 32.9 Å². The summed E-state index contributed by atoms with van der Waals surface area (Å²) in [5.41, 5.74) is 5.19. The third-order valence-electron chi connectivity index (χ3n) is 6.30. The Balaban J connectivity index is 1.33. The van der Waals surface area contributed by atoms with Gasteiger partial charge in [0.05, 0.1) is 23.8 Å². The van der Waals surface area contributed by atoms with E-state index in [1.54, 1.807) is 36.7 Å². The van der Waals surface area contributed by atoms with E-state index in [4.69, 9.17) is 4.84 Å². The highest BCUT2D eigenvalue weighted by molar-refractivity contribution is 6.01. The van der Waals surface area contributed by atoms with Crippen LogP contribution in [-0.2, 0) is 4.84 Å². The molecular formula is C29H21FN4O2. The van der Waals surface area contributed by atoms with Crippen molar-refractivity contribution in [1.29, 1.82) is 0 Å². The highest BCUT2D eigenvalue weighted by Gasteiger charge is 2.28. The van der Waals surface area contributed by atoms with E-state index < -0.39 is 0 Å². The van der Waals surface area contributed by atoms with Crippen molar-refractivity contribution in [2.24, 2.45) is 4.99 Å². The minimum atomic E-state index is -0.315. The van der Waals surface area contributed by atoms with Gasteiger partial charge in [0.2, 0.25) is 0 Å². The van der Waals surface area contributed by atoms with E-state index in [9.17, 15) is 9.18 Å². The van der Waals surface area contributed by atoms with Crippen LogP contribution in [0.15, 0.2) is 107 Å². The van der Waals surface area contributed by atoms with Gasteiger partial charge < -0.3 is 5.32 Å². The Bertz CT molecular complexity index is 1640. The molecule has 0 radical (unpaired) electrons. The molecule has 6 rings (SSSR count). The molecule has 2 heterocycles. The molecule has 1 aromatic heterocycles. The van der Waals surface area contributed by atoms with E-state index in [-0.39, 0.29) is 17.8 Å². The summed E-state index contributed by atoms with van der Waals surface area (Å²) in [6.45, 7) is 0. The van der Waals surface area contributed by atoms with Crippen LogP contribution in [0.3, 0.4) is 0 Å². The minimum Gasteiger partial charge on any atom is -0.322 e. The fourth-order valence-corrected chi connectivity index (χ4v) is 4.50. The van der Waals surface area contributed by atoms with Crippen molar-refractivity contribution >= 4 is 39.7 Å². The largest absolute Gasteiger partial charge is 0.322 e. The molecule has 0 bridgehead atoms. The van der Waals surface area contributed by atoms with Gasteiger partial charge in [0.1, 0.15) is 18.2 Å². The maximum absolute atomic E-state index is 13.5. The van der Waals surface area contributed by atoms with Gasteiger partial charge in [0, 0.05) is 33.2 Å². The van der Waals surface area contributed by atoms with Crippen LogP contribution in [0.1, 0.15) is 15.9 Å². The molecule has 36 heavy (non-hydrogen) atoms. The predicted molar refractivity (Wildman–Crippen MR) is 138 cm³/mol. The Kier molecular flexibility index (Phi) is 5.39. The van der Waals surface area contributed by atoms with Crippen molar-refractivity contribution in [3.63, 3.8) is 0 Å². The van der Waals surface area contributed by atoms with Crippen LogP contribution >= 0.6 is 0 Å². The lowest BCUT2D eigenvalue weighted by Crippen LogP contribution is -2.37. The topological polar surface area (TPSA) is 66.8 Å². The first-order chi connectivity index (χ1) is 17.6. The van der Waals surface area contributed by atoms with Crippen molar-refractivity contribution in [2.45, 2.75) is 6.04 Å². The second-order valence-corrected chi connectivity index (χ2v) is 8.54. The number of benzene rings is 3. The van der Waals surface area contributed by atoms with Gasteiger partial charge in [-0.05, 0) is 66.7 Å². The maximum atomic E-state index is 13.5. The summed E-state index contributed by atoms with van der Waals surface area (Å²) in [5.74, 6) is -0.545. The number of hydrogen-bond donors (Lipinski definition) is 1. The molecule has 0 fully saturated rings. The number of para-hydroxylation sites is 1. The third kappa shape index (κ3) is 3.95. The molecule has 1 N–H and O–H groups in total. The molecule has 0 spiro atoms. The number of allylic oxidation sites excluding steroid dienone is 1. The summed E-state index contributed by atoms with van der Waals surface area (Å²) in [6, 6.07) is 21.4. The van der Waals surface area contributed by atoms with Gasteiger partial charge in [0.25, 0.3) is 5.91 Å². The quantitative estimate of drug-likeness (QED) is 0.401. The monoisotopic (exact) mass is 476 g/mol. The molecule has 6 nitrogen and oxygen atoms in total. The average Bonchev–Trinajstić information content (AvgIpc) is 2.91. The molecule has 1 aliphatic heterocycles. The lowest BCUT2D eigenvalue weighted by molar-refractivity contribution is -0.0712. The van der Waals surface area contributed by atoms with Crippen LogP contribution in [0.4, 0.5) is 4.39 Å². The van der Waals surface area contributed by atoms with Gasteiger partial charge in [-0.2, -0.15) is 0 Å². The number of carbonyl (C=O) groups excluding carboxylic acids is 1. The molecule has 1 unspecified atom stereocenters. The van der Waals surface area contributed by atoms with Crippen molar-refractivity contribution in [1.82, 2.24) is 15.4 Å². The molecule has 2 aliphatic rings. The number of aliphatic imine (C=N–C) groups is 1. The maximum Gasteiger partial charge on any atom is 0.255 e. The van der Waals surface area contributed by atoms with Gasteiger partial charge in [-0.15, -0.1) is 0 Å². The number of amides is 1. The van der Waals surface area contributed by atoms with Gasteiger partial charge in [0.15, 0.2) is 0 Å². The van der Waals surface area contributed by atoms with Crippen LogP contribution in [0, 0.1) is 5.82 Å². The normalized spacial score (nSPS) is 16.9. The van der Waals surface area contributed by atoms with Crippen molar-refractivity contribution in [3.8, 4) is 0 Å². The summed E-state index contributed by atoms with van der Waals surface area (Å²) >= 11 is 0. The van der Waals surface area contributed by atoms with E-state index in [0.29, 0.717) is 17.0 Å². The summed E-state index contributed by atoms with van der Waals surface area (Å²) in [7, 11) is 1.57. The van der Waals surface area contributed by atoms with E-state index in [2.05, 4.69) is 15.3 Å². The summed E-state index contributed by atoms with van der Waals surface area (Å²) in [4.78, 5) is 27.8. The molecular weight excluding hydrogens is 455 g/mol. The Morgan fingerprint density at radius 3 is 2.64 bits per heavy atom. The molecule has 1 aliphatic carbocycles. The molecule has 4 aromatic rings. The highest BCUT2D eigenvalue weighted by Crippen LogP contribution is 2.32. The average molecular weight is 477 g/mol. The van der Waals surface area contributed by atoms with Crippen LogP contribution in [-0.4, -0.2) is 35.4 Å². The number of nitrogens with one attached hydrogen (secondary N) is 1. The lowest BCUT2D eigenvalue weighted by atomic mass is 9.94. The Morgan fingerprint density at radius 1 is 1.00 bits per heavy atom. The second kappa shape index (κ2) is 8.87. The molecule has 7 heteroatoms. The van der Waals surface area contributed by atoms with Crippen LogP contribution in [0.2, 0.25) is 0 Å². The first-order valence-corrected chi connectivity index (χ1v) is 11.5. The summed E-state index contributed by atoms with van der Waals surface area (Å²) in [5, 5.41) is 6.53. The zero-order valence-corrected chi connectivity index (χ0v) is 19.4. The lowest BCUT2D eigenvalue weighted by Gasteiger charge is -2.32. The minimum absolute atomic E-state index is 0.228. The van der Waals surface area contributed by atoms with Crippen LogP contribution < -0.4 is 5.32 Å². The van der Waals surface area contributed by atoms with Crippen LogP contribution in [0.25, 0.3) is 27.5 Å². The second-order valence-electron chi connectivity index (χ2n) is 8.54. The number of rotatable bonds is 4. The Hall–Kier alpha value is -4.62. The van der Waals surface area contributed by atoms with Gasteiger partial charge >= 0.3 is 0 Å². The van der Waals surface area contributed by atoms with Crippen molar-refractivity contribution < 1.29 is 14.0 Å². The van der Waals surface area contributed by atoms with Crippen LogP contribution in [0.5, 0.6) is 0 Å². The van der Waals surface area contributed by atoms with Gasteiger partial charge in [-0.3, -0.25) is 9.63 Å².